The van der Waals surface area contributed by atoms with Gasteiger partial charge in [-0.1, -0.05) is 30.3 Å². The van der Waals surface area contributed by atoms with Crippen molar-refractivity contribution >= 4 is 11.3 Å². The molecule has 0 spiro atoms. The van der Waals surface area contributed by atoms with Crippen LogP contribution in [0.3, 0.4) is 0 Å². The number of rotatable bonds is 5. The van der Waals surface area contributed by atoms with E-state index in [-0.39, 0.29) is 6.61 Å². The lowest BCUT2D eigenvalue weighted by Gasteiger charge is -2.12. The molecule has 0 amide bonds. The van der Waals surface area contributed by atoms with Crippen molar-refractivity contribution in [3.8, 4) is 10.6 Å². The van der Waals surface area contributed by atoms with Crippen LogP contribution in [0, 0.1) is 0 Å². The van der Waals surface area contributed by atoms with Crippen LogP contribution in [0.25, 0.3) is 10.6 Å². The third kappa shape index (κ3) is 3.36. The molecule has 0 radical (unpaired) electrons. The number of hydrogen-bond donors (Lipinski definition) is 1. The molecule has 0 bridgehead atoms. The van der Waals surface area contributed by atoms with Gasteiger partial charge in [0, 0.05) is 24.0 Å². The van der Waals surface area contributed by atoms with Crippen LogP contribution in [0.15, 0.2) is 35.7 Å². The maximum Gasteiger partial charge on any atom is 0.123 e. The smallest absolute Gasteiger partial charge is 0.123 e. The SMILES string of the molecule is CN(CCO)Cc1csc(-c2ccccc2)n1. The quantitative estimate of drug-likeness (QED) is 0.881. The predicted octanol–water partition coefficient (Wildman–Crippen LogP) is 2.23. The van der Waals surface area contributed by atoms with E-state index in [2.05, 4.69) is 27.4 Å². The number of hydrogen-bond acceptors (Lipinski definition) is 4. The molecule has 2 aromatic rings. The van der Waals surface area contributed by atoms with Crippen LogP contribution >= 0.6 is 11.3 Å². The molecule has 0 saturated carbocycles. The maximum absolute atomic E-state index is 8.84. The minimum atomic E-state index is 0.187. The van der Waals surface area contributed by atoms with E-state index in [0.29, 0.717) is 6.54 Å². The van der Waals surface area contributed by atoms with E-state index in [1.54, 1.807) is 11.3 Å². The van der Waals surface area contributed by atoms with Crippen molar-refractivity contribution in [2.45, 2.75) is 6.54 Å². The fourth-order valence-corrected chi connectivity index (χ4v) is 2.44. The van der Waals surface area contributed by atoms with Crippen molar-refractivity contribution in [3.05, 3.63) is 41.4 Å². The first kappa shape index (κ1) is 12.2. The van der Waals surface area contributed by atoms with Crippen LogP contribution in [0.4, 0.5) is 0 Å². The minimum Gasteiger partial charge on any atom is -0.395 e. The summed E-state index contributed by atoms with van der Waals surface area (Å²) in [7, 11) is 1.98. The molecule has 0 fully saturated rings. The first-order chi connectivity index (χ1) is 8.29. The number of aliphatic hydroxyl groups excluding tert-OH is 1. The zero-order valence-corrected chi connectivity index (χ0v) is 10.7. The van der Waals surface area contributed by atoms with E-state index in [1.165, 1.54) is 0 Å². The molecule has 1 aromatic carbocycles. The lowest BCUT2D eigenvalue weighted by Crippen LogP contribution is -2.21. The molecule has 1 aromatic heterocycles. The molecule has 0 aliphatic rings. The van der Waals surface area contributed by atoms with Crippen molar-refractivity contribution in [2.24, 2.45) is 0 Å². The van der Waals surface area contributed by atoms with Gasteiger partial charge in [0.25, 0.3) is 0 Å². The molecular weight excluding hydrogens is 232 g/mol. The first-order valence-corrected chi connectivity index (χ1v) is 6.47. The van der Waals surface area contributed by atoms with Gasteiger partial charge in [-0.2, -0.15) is 0 Å². The van der Waals surface area contributed by atoms with E-state index in [1.807, 2.05) is 25.2 Å². The zero-order chi connectivity index (χ0) is 12.1. The van der Waals surface area contributed by atoms with Crippen molar-refractivity contribution < 1.29 is 5.11 Å². The third-order valence-electron chi connectivity index (χ3n) is 2.49. The molecule has 1 N–H and O–H groups in total. The Morgan fingerprint density at radius 3 is 2.76 bits per heavy atom. The summed E-state index contributed by atoms with van der Waals surface area (Å²) in [6, 6.07) is 10.2. The summed E-state index contributed by atoms with van der Waals surface area (Å²) in [5, 5.41) is 12.0. The molecule has 3 nitrogen and oxygen atoms in total. The summed E-state index contributed by atoms with van der Waals surface area (Å²) in [4.78, 5) is 6.66. The van der Waals surface area contributed by atoms with Gasteiger partial charge in [0.2, 0.25) is 0 Å². The Kier molecular flexibility index (Phi) is 4.25. The van der Waals surface area contributed by atoms with Crippen molar-refractivity contribution in [2.75, 3.05) is 20.2 Å². The van der Waals surface area contributed by atoms with E-state index in [0.717, 1.165) is 22.8 Å². The molecule has 4 heteroatoms. The lowest BCUT2D eigenvalue weighted by atomic mass is 10.2. The van der Waals surface area contributed by atoms with Crippen LogP contribution < -0.4 is 0 Å². The van der Waals surface area contributed by atoms with Gasteiger partial charge in [-0.25, -0.2) is 4.98 Å². The lowest BCUT2D eigenvalue weighted by molar-refractivity contribution is 0.216. The second-order valence-corrected chi connectivity index (χ2v) is 4.83. The van der Waals surface area contributed by atoms with E-state index in [4.69, 9.17) is 5.11 Å². The van der Waals surface area contributed by atoms with Crippen molar-refractivity contribution in [1.82, 2.24) is 9.88 Å². The molecule has 90 valence electrons. The largest absolute Gasteiger partial charge is 0.395 e. The molecule has 17 heavy (non-hydrogen) atoms. The average Bonchev–Trinajstić information content (AvgIpc) is 2.79. The molecule has 0 aliphatic heterocycles. The van der Waals surface area contributed by atoms with Crippen LogP contribution in [-0.4, -0.2) is 35.2 Å². The van der Waals surface area contributed by atoms with Crippen LogP contribution in [0.5, 0.6) is 0 Å². The highest BCUT2D eigenvalue weighted by molar-refractivity contribution is 7.13. The maximum atomic E-state index is 8.84. The van der Waals surface area contributed by atoms with Crippen molar-refractivity contribution in [3.63, 3.8) is 0 Å². The highest BCUT2D eigenvalue weighted by atomic mass is 32.1. The number of nitrogens with zero attached hydrogens (tertiary/aromatic N) is 2. The fraction of sp³-hybridized carbons (Fsp3) is 0.308. The number of aliphatic hydroxyl groups is 1. The fourth-order valence-electron chi connectivity index (χ4n) is 1.62. The highest BCUT2D eigenvalue weighted by Crippen LogP contribution is 2.23. The van der Waals surface area contributed by atoms with Gasteiger partial charge in [-0.05, 0) is 7.05 Å². The Labute approximate surface area is 105 Å². The Hall–Kier alpha value is -1.23. The van der Waals surface area contributed by atoms with E-state index < -0.39 is 0 Å². The third-order valence-corrected chi connectivity index (χ3v) is 3.43. The molecule has 0 aliphatic carbocycles. The Morgan fingerprint density at radius 1 is 1.29 bits per heavy atom. The van der Waals surface area contributed by atoms with Crippen LogP contribution in [0.1, 0.15) is 5.69 Å². The van der Waals surface area contributed by atoms with Gasteiger partial charge in [-0.15, -0.1) is 11.3 Å². The number of likely N-dealkylation sites (N-methyl/N-ethyl adjacent to an activating group) is 1. The summed E-state index contributed by atoms with van der Waals surface area (Å²) < 4.78 is 0. The topological polar surface area (TPSA) is 36.4 Å². The second kappa shape index (κ2) is 5.91. The summed E-state index contributed by atoms with van der Waals surface area (Å²) in [5.74, 6) is 0. The van der Waals surface area contributed by atoms with Gasteiger partial charge in [-0.3, -0.25) is 4.90 Å². The molecule has 0 unspecified atom stereocenters. The average molecular weight is 248 g/mol. The standard InChI is InChI=1S/C13H16N2OS/c1-15(7-8-16)9-12-10-17-13(14-12)11-5-3-2-4-6-11/h2-6,10,16H,7-9H2,1H3. The Morgan fingerprint density at radius 2 is 2.06 bits per heavy atom. The number of thiazole rings is 1. The molecule has 1 heterocycles. The monoisotopic (exact) mass is 248 g/mol. The van der Waals surface area contributed by atoms with Gasteiger partial charge in [0.1, 0.15) is 5.01 Å². The molecule has 2 rings (SSSR count). The summed E-state index contributed by atoms with van der Waals surface area (Å²) >= 11 is 1.66. The highest BCUT2D eigenvalue weighted by Gasteiger charge is 2.06. The van der Waals surface area contributed by atoms with E-state index >= 15 is 0 Å². The molecular formula is C13H16N2OS. The van der Waals surface area contributed by atoms with Gasteiger partial charge in [0.05, 0.1) is 12.3 Å². The minimum absolute atomic E-state index is 0.187. The summed E-state index contributed by atoms with van der Waals surface area (Å²) in [6.07, 6.45) is 0. The van der Waals surface area contributed by atoms with Gasteiger partial charge < -0.3 is 5.11 Å². The summed E-state index contributed by atoms with van der Waals surface area (Å²) in [5.41, 5.74) is 2.22. The van der Waals surface area contributed by atoms with E-state index in [9.17, 15) is 0 Å². The predicted molar refractivity (Wildman–Crippen MR) is 71.0 cm³/mol. The van der Waals surface area contributed by atoms with Gasteiger partial charge in [0.15, 0.2) is 0 Å². The van der Waals surface area contributed by atoms with Crippen LogP contribution in [-0.2, 0) is 6.54 Å². The van der Waals surface area contributed by atoms with Gasteiger partial charge >= 0.3 is 0 Å². The second-order valence-electron chi connectivity index (χ2n) is 3.97. The Balaban J connectivity index is 2.06. The van der Waals surface area contributed by atoms with Crippen molar-refractivity contribution in [1.29, 1.82) is 0 Å². The zero-order valence-electron chi connectivity index (χ0n) is 9.84. The number of benzene rings is 1. The van der Waals surface area contributed by atoms with Crippen LogP contribution in [0.2, 0.25) is 0 Å². The first-order valence-electron chi connectivity index (χ1n) is 5.59. The normalized spacial score (nSPS) is 11.0. The number of aromatic nitrogens is 1. The Bertz CT molecular complexity index is 455. The summed E-state index contributed by atoms with van der Waals surface area (Å²) in [6.45, 7) is 1.65. The molecule has 0 atom stereocenters. The molecule has 0 saturated heterocycles.